The van der Waals surface area contributed by atoms with Gasteiger partial charge in [-0.05, 0) is 31.9 Å². The maximum Gasteiger partial charge on any atom is 0.237 e. The smallest absolute Gasteiger partial charge is 0.237 e. The Hall–Kier alpha value is -1.82. The molecule has 0 radical (unpaired) electrons. The Morgan fingerprint density at radius 2 is 2.13 bits per heavy atom. The minimum Gasteiger partial charge on any atom is -0.442 e. The van der Waals surface area contributed by atoms with Crippen LogP contribution in [0.2, 0.25) is 5.02 Å². The van der Waals surface area contributed by atoms with Gasteiger partial charge in [-0.15, -0.1) is 0 Å². The molecule has 2 aliphatic heterocycles. The number of aromatic nitrogens is 2. The second kappa shape index (κ2) is 5.67. The van der Waals surface area contributed by atoms with Crippen LogP contribution in [-0.2, 0) is 7.05 Å². The van der Waals surface area contributed by atoms with Crippen molar-refractivity contribution in [1.82, 2.24) is 14.7 Å². The van der Waals surface area contributed by atoms with Gasteiger partial charge >= 0.3 is 0 Å². The van der Waals surface area contributed by atoms with Crippen LogP contribution in [0, 0.1) is 0 Å². The Morgan fingerprint density at radius 3 is 2.78 bits per heavy atom. The highest BCUT2D eigenvalue weighted by Crippen LogP contribution is 2.39. The minimum atomic E-state index is -1.46. The van der Waals surface area contributed by atoms with E-state index in [1.165, 1.54) is 11.6 Å². The van der Waals surface area contributed by atoms with Crippen LogP contribution in [0.15, 0.2) is 22.2 Å². The van der Waals surface area contributed by atoms with Gasteiger partial charge in [0.15, 0.2) is 0 Å². The Morgan fingerprint density at radius 1 is 1.43 bits per heavy atom. The van der Waals surface area contributed by atoms with Gasteiger partial charge < -0.3 is 9.64 Å². The molecule has 0 aliphatic carbocycles. The molecule has 2 aliphatic rings. The van der Waals surface area contributed by atoms with Crippen LogP contribution in [0.1, 0.15) is 33.4 Å². The van der Waals surface area contributed by atoms with Gasteiger partial charge in [0.2, 0.25) is 12.2 Å². The van der Waals surface area contributed by atoms with Gasteiger partial charge in [-0.3, -0.25) is 4.99 Å². The zero-order chi connectivity index (χ0) is 16.9. The number of aryl methyl sites for hydroxylation is 1. The summed E-state index contributed by atoms with van der Waals surface area (Å²) in [6, 6.07) is 0.207. The van der Waals surface area contributed by atoms with Gasteiger partial charge in [0.25, 0.3) is 0 Å². The Labute approximate surface area is 140 Å². The Bertz CT molecular complexity index is 748. The number of rotatable bonds is 3. The summed E-state index contributed by atoms with van der Waals surface area (Å²) in [6.07, 6.45) is 0.620. The van der Waals surface area contributed by atoms with E-state index in [2.05, 4.69) is 28.0 Å². The Kier molecular flexibility index (Phi) is 3.96. The van der Waals surface area contributed by atoms with Gasteiger partial charge in [0.1, 0.15) is 16.6 Å². The van der Waals surface area contributed by atoms with E-state index in [9.17, 15) is 4.39 Å². The van der Waals surface area contributed by atoms with Crippen LogP contribution < -0.4 is 4.74 Å². The van der Waals surface area contributed by atoms with Crippen molar-refractivity contribution in [3.8, 4) is 5.88 Å². The summed E-state index contributed by atoms with van der Waals surface area (Å²) >= 11 is 6.44. The Balaban J connectivity index is 2.11. The molecule has 23 heavy (non-hydrogen) atoms. The topological polar surface area (TPSA) is 42.6 Å². The van der Waals surface area contributed by atoms with Gasteiger partial charge in [0.05, 0.1) is 11.7 Å². The van der Waals surface area contributed by atoms with Gasteiger partial charge in [-0.1, -0.05) is 17.7 Å². The van der Waals surface area contributed by atoms with Crippen LogP contribution in [0.25, 0.3) is 5.70 Å². The first-order chi connectivity index (χ1) is 10.8. The normalized spacial score (nSPS) is 22.0. The summed E-state index contributed by atoms with van der Waals surface area (Å²) in [5.74, 6) is 1.18. The summed E-state index contributed by atoms with van der Waals surface area (Å²) in [5.41, 5.74) is 3.67. The monoisotopic (exact) mass is 338 g/mol. The molecule has 7 heteroatoms. The van der Waals surface area contributed by atoms with E-state index in [1.807, 2.05) is 13.8 Å². The molecule has 0 N–H and O–H groups in total. The highest BCUT2D eigenvalue weighted by atomic mass is 35.5. The van der Waals surface area contributed by atoms with Crippen molar-refractivity contribution < 1.29 is 9.13 Å². The molecule has 0 saturated carbocycles. The minimum absolute atomic E-state index is 0.207. The third kappa shape index (κ3) is 2.65. The largest absolute Gasteiger partial charge is 0.442 e. The molecule has 1 aromatic rings. The lowest BCUT2D eigenvalue weighted by atomic mass is 10.0. The zero-order valence-corrected chi connectivity index (χ0v) is 14.6. The van der Waals surface area contributed by atoms with E-state index < -0.39 is 6.36 Å². The number of fused-ring (bicyclic) bond motifs is 1. The molecule has 5 nitrogen and oxygen atoms in total. The fraction of sp³-hybridized carbons (Fsp3) is 0.500. The first kappa shape index (κ1) is 16.1. The fourth-order valence-electron chi connectivity index (χ4n) is 3.08. The summed E-state index contributed by atoms with van der Waals surface area (Å²) in [6.45, 7) is 8.22. The number of aliphatic imine (C=N–C) groups is 1. The molecule has 2 atom stereocenters. The van der Waals surface area contributed by atoms with Crippen molar-refractivity contribution in [3.05, 3.63) is 27.9 Å². The van der Waals surface area contributed by atoms with E-state index in [0.29, 0.717) is 10.7 Å². The quantitative estimate of drug-likeness (QED) is 0.846. The second-order valence-corrected chi connectivity index (χ2v) is 6.40. The molecule has 3 rings (SSSR count). The van der Waals surface area contributed by atoms with Crippen molar-refractivity contribution in [2.75, 3.05) is 6.54 Å². The molecule has 1 aromatic heterocycles. The van der Waals surface area contributed by atoms with E-state index in [-0.39, 0.29) is 11.9 Å². The first-order valence-corrected chi connectivity index (χ1v) is 7.95. The van der Waals surface area contributed by atoms with Gasteiger partial charge in [0, 0.05) is 20.5 Å². The average molecular weight is 339 g/mol. The molecule has 124 valence electrons. The summed E-state index contributed by atoms with van der Waals surface area (Å²) in [5, 5.41) is 4.77. The van der Waals surface area contributed by atoms with Crippen LogP contribution in [-0.4, -0.2) is 39.5 Å². The summed E-state index contributed by atoms with van der Waals surface area (Å²) in [7, 11) is 1.69. The molecule has 2 unspecified atom stereocenters. The lowest BCUT2D eigenvalue weighted by molar-refractivity contribution is 0.0763. The van der Waals surface area contributed by atoms with E-state index in [0.717, 1.165) is 29.2 Å². The zero-order valence-electron chi connectivity index (χ0n) is 13.9. The van der Waals surface area contributed by atoms with Gasteiger partial charge in [-0.2, -0.15) is 5.10 Å². The maximum atomic E-state index is 13.2. The SMILES string of the molecule is CC1=CC(C)=C(c2nn(C)c(OC(C)F)c2Cl)N2CC(C)N=C12. The van der Waals surface area contributed by atoms with Gasteiger partial charge in [-0.25, -0.2) is 9.07 Å². The van der Waals surface area contributed by atoms with Crippen molar-refractivity contribution in [2.24, 2.45) is 12.0 Å². The van der Waals surface area contributed by atoms with Crippen LogP contribution in [0.3, 0.4) is 0 Å². The maximum absolute atomic E-state index is 13.2. The molecule has 0 bridgehead atoms. The third-order valence-electron chi connectivity index (χ3n) is 3.91. The van der Waals surface area contributed by atoms with E-state index >= 15 is 0 Å². The number of amidine groups is 1. The van der Waals surface area contributed by atoms with E-state index in [4.69, 9.17) is 16.3 Å². The molecular weight excluding hydrogens is 319 g/mol. The standard InChI is InChI=1S/C16H20ClFN4O/c1-8-6-9(2)15-19-10(3)7-22(15)14(8)13-12(17)16(21(5)20-13)23-11(4)18/h6,10-11H,7H2,1-5H3. The number of hydrogen-bond acceptors (Lipinski definition) is 4. The predicted octanol–water partition coefficient (Wildman–Crippen LogP) is 3.56. The molecule has 0 fully saturated rings. The lowest BCUT2D eigenvalue weighted by Crippen LogP contribution is -2.31. The molecule has 0 saturated heterocycles. The van der Waals surface area contributed by atoms with Crippen molar-refractivity contribution in [3.63, 3.8) is 0 Å². The van der Waals surface area contributed by atoms with Crippen molar-refractivity contribution >= 4 is 23.1 Å². The molecule has 3 heterocycles. The summed E-state index contributed by atoms with van der Waals surface area (Å²) < 4.78 is 19.8. The molecule has 0 spiro atoms. The number of alkyl halides is 1. The fourth-order valence-corrected chi connectivity index (χ4v) is 3.38. The number of hydrogen-bond donors (Lipinski definition) is 0. The van der Waals surface area contributed by atoms with Crippen molar-refractivity contribution in [1.29, 1.82) is 0 Å². The second-order valence-electron chi connectivity index (χ2n) is 6.02. The van der Waals surface area contributed by atoms with Crippen molar-refractivity contribution in [2.45, 2.75) is 40.1 Å². The molecule has 0 aromatic carbocycles. The predicted molar refractivity (Wildman–Crippen MR) is 89.4 cm³/mol. The number of allylic oxidation sites excluding steroid dienone is 2. The number of halogens is 2. The van der Waals surface area contributed by atoms with Crippen LogP contribution >= 0.6 is 11.6 Å². The molecular formula is C16H20ClFN4O. The first-order valence-electron chi connectivity index (χ1n) is 7.58. The van der Waals surface area contributed by atoms with Crippen LogP contribution in [0.5, 0.6) is 5.88 Å². The van der Waals surface area contributed by atoms with Crippen LogP contribution in [0.4, 0.5) is 4.39 Å². The molecule has 0 amide bonds. The lowest BCUT2D eigenvalue weighted by Gasteiger charge is -2.28. The summed E-state index contributed by atoms with van der Waals surface area (Å²) in [4.78, 5) is 6.81. The van der Waals surface area contributed by atoms with E-state index in [1.54, 1.807) is 7.05 Å². The third-order valence-corrected chi connectivity index (χ3v) is 4.25. The number of nitrogens with zero attached hydrogens (tertiary/aromatic N) is 4. The highest BCUT2D eigenvalue weighted by Gasteiger charge is 2.34. The average Bonchev–Trinajstić information content (AvgIpc) is 2.95. The number of ether oxygens (including phenoxy) is 1. The highest BCUT2D eigenvalue weighted by molar-refractivity contribution is 6.33.